The number of nitrogens with zero attached hydrogens (tertiary/aromatic N) is 4. The van der Waals surface area contributed by atoms with Crippen LogP contribution in [0.1, 0.15) is 28.4 Å². The Kier molecular flexibility index (Phi) is 3.55. The number of hydrogen-bond donors (Lipinski definition) is 0. The zero-order valence-electron chi connectivity index (χ0n) is 11.9. The lowest BCUT2D eigenvalue weighted by Gasteiger charge is -2.15. The van der Waals surface area contributed by atoms with Gasteiger partial charge in [-0.1, -0.05) is 5.16 Å². The molecule has 1 atom stereocenters. The summed E-state index contributed by atoms with van der Waals surface area (Å²) < 4.78 is 10.7. The molecule has 3 heterocycles. The van der Waals surface area contributed by atoms with Crippen molar-refractivity contribution in [1.29, 1.82) is 0 Å². The molecular weight excluding hydrogens is 272 g/mol. The van der Waals surface area contributed by atoms with Crippen molar-refractivity contribution in [2.75, 3.05) is 13.1 Å². The summed E-state index contributed by atoms with van der Waals surface area (Å²) in [7, 11) is 0. The number of likely N-dealkylation sites (tertiary alicyclic amines) is 1. The highest BCUT2D eigenvalue weighted by Gasteiger charge is 2.30. The van der Waals surface area contributed by atoms with Gasteiger partial charge in [-0.25, -0.2) is 9.97 Å². The van der Waals surface area contributed by atoms with Gasteiger partial charge in [-0.3, -0.25) is 4.79 Å². The van der Waals surface area contributed by atoms with Gasteiger partial charge in [0.1, 0.15) is 6.10 Å². The molecule has 110 valence electrons. The van der Waals surface area contributed by atoms with Crippen LogP contribution < -0.4 is 4.74 Å². The Balaban J connectivity index is 1.63. The van der Waals surface area contributed by atoms with Gasteiger partial charge >= 0.3 is 6.01 Å². The Morgan fingerprint density at radius 2 is 2.14 bits per heavy atom. The highest BCUT2D eigenvalue weighted by Crippen LogP contribution is 2.18. The number of aromatic nitrogens is 3. The number of carbonyl (C=O) groups excluding carboxylic acids is 1. The van der Waals surface area contributed by atoms with Crippen LogP contribution in [0.3, 0.4) is 0 Å². The Morgan fingerprint density at radius 1 is 1.38 bits per heavy atom. The predicted octanol–water partition coefficient (Wildman–Crippen LogP) is 1.37. The van der Waals surface area contributed by atoms with E-state index in [2.05, 4.69) is 15.1 Å². The molecule has 1 fully saturated rings. The normalized spacial score (nSPS) is 18.0. The highest BCUT2D eigenvalue weighted by molar-refractivity contribution is 5.91. The topological polar surface area (TPSA) is 81.4 Å². The van der Waals surface area contributed by atoms with E-state index in [-0.39, 0.29) is 17.8 Å². The Hall–Kier alpha value is -2.44. The number of carbonyl (C=O) groups is 1. The molecule has 7 heteroatoms. The maximum absolute atomic E-state index is 12.1. The zero-order valence-corrected chi connectivity index (χ0v) is 11.9. The molecule has 0 radical (unpaired) electrons. The van der Waals surface area contributed by atoms with Gasteiger partial charge in [0.25, 0.3) is 5.91 Å². The van der Waals surface area contributed by atoms with Crippen molar-refractivity contribution in [3.8, 4) is 6.01 Å². The van der Waals surface area contributed by atoms with Crippen LogP contribution in [0.2, 0.25) is 0 Å². The average molecular weight is 288 g/mol. The van der Waals surface area contributed by atoms with E-state index in [4.69, 9.17) is 9.26 Å². The minimum absolute atomic E-state index is 0.0990. The van der Waals surface area contributed by atoms with Crippen molar-refractivity contribution in [3.63, 3.8) is 0 Å². The molecule has 21 heavy (non-hydrogen) atoms. The standard InChI is InChI=1S/C14H16N4O3/c1-9-7-10(2)17-14(16-9)20-11-4-6-18(8-11)13(19)12-3-5-15-21-12/h3,5,7,11H,4,6,8H2,1-2H3/t11-/m1/s1. The van der Waals surface area contributed by atoms with Gasteiger partial charge in [-0.15, -0.1) is 0 Å². The first-order valence-electron chi connectivity index (χ1n) is 6.81. The third-order valence-electron chi connectivity index (χ3n) is 3.31. The van der Waals surface area contributed by atoms with Crippen molar-refractivity contribution in [2.24, 2.45) is 0 Å². The van der Waals surface area contributed by atoms with Crippen LogP contribution in [-0.4, -0.2) is 45.1 Å². The molecule has 1 aliphatic rings. The van der Waals surface area contributed by atoms with Crippen LogP contribution in [0.5, 0.6) is 6.01 Å². The third kappa shape index (κ3) is 3.01. The highest BCUT2D eigenvalue weighted by atomic mass is 16.5. The van der Waals surface area contributed by atoms with Crippen molar-refractivity contribution in [2.45, 2.75) is 26.4 Å². The molecule has 0 saturated carbocycles. The maximum Gasteiger partial charge on any atom is 0.317 e. The summed E-state index contributed by atoms with van der Waals surface area (Å²) in [5.74, 6) is 0.0817. The SMILES string of the molecule is Cc1cc(C)nc(O[C@@H]2CCN(C(=O)c3ccno3)C2)n1. The number of ether oxygens (including phenoxy) is 1. The second-order valence-corrected chi connectivity index (χ2v) is 5.09. The molecule has 1 aliphatic heterocycles. The quantitative estimate of drug-likeness (QED) is 0.848. The van der Waals surface area contributed by atoms with Crippen LogP contribution in [0, 0.1) is 13.8 Å². The number of amides is 1. The molecule has 0 N–H and O–H groups in total. The Bertz CT molecular complexity index is 621. The summed E-state index contributed by atoms with van der Waals surface area (Å²) in [6.45, 7) is 4.91. The van der Waals surface area contributed by atoms with Crippen LogP contribution in [0.25, 0.3) is 0 Å². The lowest BCUT2D eigenvalue weighted by atomic mass is 10.3. The van der Waals surface area contributed by atoms with Gasteiger partial charge < -0.3 is 14.2 Å². The Morgan fingerprint density at radius 3 is 2.81 bits per heavy atom. The van der Waals surface area contributed by atoms with Crippen molar-refractivity contribution in [3.05, 3.63) is 35.5 Å². The summed E-state index contributed by atoms with van der Waals surface area (Å²) in [5.41, 5.74) is 1.73. The van der Waals surface area contributed by atoms with Gasteiger partial charge in [0.05, 0.1) is 12.7 Å². The molecule has 0 spiro atoms. The molecule has 0 aliphatic carbocycles. The van der Waals surface area contributed by atoms with Gasteiger partial charge in [-0.05, 0) is 19.9 Å². The molecule has 1 saturated heterocycles. The van der Waals surface area contributed by atoms with E-state index < -0.39 is 0 Å². The van der Waals surface area contributed by atoms with E-state index in [9.17, 15) is 4.79 Å². The lowest BCUT2D eigenvalue weighted by molar-refractivity contribution is 0.0728. The van der Waals surface area contributed by atoms with E-state index in [0.717, 1.165) is 17.8 Å². The summed E-state index contributed by atoms with van der Waals surface area (Å²) in [4.78, 5) is 22.3. The largest absolute Gasteiger partial charge is 0.458 e. The molecule has 2 aromatic rings. The van der Waals surface area contributed by atoms with Crippen LogP contribution in [-0.2, 0) is 0 Å². The monoisotopic (exact) mass is 288 g/mol. The van der Waals surface area contributed by atoms with Crippen molar-refractivity contribution in [1.82, 2.24) is 20.0 Å². The average Bonchev–Trinajstić information content (AvgIpc) is 3.07. The molecule has 0 unspecified atom stereocenters. The van der Waals surface area contributed by atoms with Crippen LogP contribution in [0.4, 0.5) is 0 Å². The van der Waals surface area contributed by atoms with Gasteiger partial charge in [0.15, 0.2) is 0 Å². The second kappa shape index (κ2) is 5.51. The summed E-state index contributed by atoms with van der Waals surface area (Å²) in [5, 5.41) is 3.55. The second-order valence-electron chi connectivity index (χ2n) is 5.09. The van der Waals surface area contributed by atoms with Crippen LogP contribution >= 0.6 is 0 Å². The minimum atomic E-state index is -0.167. The van der Waals surface area contributed by atoms with Gasteiger partial charge in [-0.2, -0.15) is 0 Å². The number of rotatable bonds is 3. The fourth-order valence-electron chi connectivity index (χ4n) is 2.39. The first-order chi connectivity index (χ1) is 10.1. The molecular formula is C14H16N4O3. The summed E-state index contributed by atoms with van der Waals surface area (Å²) >= 11 is 0. The summed E-state index contributed by atoms with van der Waals surface area (Å²) in [6, 6.07) is 3.82. The molecule has 0 aromatic carbocycles. The summed E-state index contributed by atoms with van der Waals surface area (Å²) in [6.07, 6.45) is 2.11. The number of aryl methyl sites for hydroxylation is 2. The van der Waals surface area contributed by atoms with E-state index in [1.54, 1.807) is 11.0 Å². The minimum Gasteiger partial charge on any atom is -0.458 e. The first kappa shape index (κ1) is 13.5. The van der Waals surface area contributed by atoms with Gasteiger partial charge in [0, 0.05) is 30.4 Å². The third-order valence-corrected chi connectivity index (χ3v) is 3.31. The number of hydrogen-bond acceptors (Lipinski definition) is 6. The smallest absolute Gasteiger partial charge is 0.317 e. The molecule has 3 rings (SSSR count). The Labute approximate surface area is 121 Å². The zero-order chi connectivity index (χ0) is 14.8. The fourth-order valence-corrected chi connectivity index (χ4v) is 2.39. The van der Waals surface area contributed by atoms with E-state index in [0.29, 0.717) is 19.1 Å². The lowest BCUT2D eigenvalue weighted by Crippen LogP contribution is -2.30. The molecule has 1 amide bonds. The van der Waals surface area contributed by atoms with Crippen molar-refractivity contribution < 1.29 is 14.1 Å². The fraction of sp³-hybridized carbons (Fsp3) is 0.429. The molecule has 7 nitrogen and oxygen atoms in total. The van der Waals surface area contributed by atoms with Crippen molar-refractivity contribution >= 4 is 5.91 Å². The molecule has 2 aromatic heterocycles. The van der Waals surface area contributed by atoms with E-state index >= 15 is 0 Å². The molecule has 0 bridgehead atoms. The van der Waals surface area contributed by atoms with Gasteiger partial charge in [0.2, 0.25) is 5.76 Å². The first-order valence-corrected chi connectivity index (χ1v) is 6.81. The van der Waals surface area contributed by atoms with E-state index in [1.165, 1.54) is 6.20 Å². The maximum atomic E-state index is 12.1. The predicted molar refractivity (Wildman–Crippen MR) is 72.9 cm³/mol. The van der Waals surface area contributed by atoms with E-state index in [1.807, 2.05) is 19.9 Å². The van der Waals surface area contributed by atoms with Crippen LogP contribution in [0.15, 0.2) is 22.9 Å².